The second-order valence-corrected chi connectivity index (χ2v) is 3.77. The highest BCUT2D eigenvalue weighted by atomic mass is 16.5. The van der Waals surface area contributed by atoms with E-state index in [1.54, 1.807) is 25.3 Å². The van der Waals surface area contributed by atoms with E-state index in [1.807, 2.05) is 6.92 Å². The van der Waals surface area contributed by atoms with Gasteiger partial charge in [0.25, 0.3) is 0 Å². The molecule has 0 N–H and O–H groups in total. The predicted octanol–water partition coefficient (Wildman–Crippen LogP) is 2.03. The van der Waals surface area contributed by atoms with Crippen LogP contribution in [-0.4, -0.2) is 23.5 Å². The Balaban J connectivity index is 2.11. The van der Waals surface area contributed by atoms with Crippen molar-refractivity contribution in [3.8, 4) is 11.5 Å². The van der Waals surface area contributed by atoms with Crippen LogP contribution in [0.5, 0.6) is 11.5 Å². The smallest absolute Gasteiger partial charge is 0.226 e. The van der Waals surface area contributed by atoms with Gasteiger partial charge >= 0.3 is 0 Å². The molecule has 2 rings (SSSR count). The van der Waals surface area contributed by atoms with Gasteiger partial charge in [-0.2, -0.15) is 4.98 Å². The number of carbonyl (C=O) groups excluding carboxylic acids is 1. The summed E-state index contributed by atoms with van der Waals surface area (Å²) in [4.78, 5) is 15.0. The van der Waals surface area contributed by atoms with E-state index in [0.29, 0.717) is 35.2 Å². The number of aromatic nitrogens is 2. The van der Waals surface area contributed by atoms with Crippen molar-refractivity contribution >= 4 is 6.29 Å². The van der Waals surface area contributed by atoms with Crippen LogP contribution in [0.1, 0.15) is 29.0 Å². The molecule has 19 heavy (non-hydrogen) atoms. The quantitative estimate of drug-likeness (QED) is 0.741. The summed E-state index contributed by atoms with van der Waals surface area (Å²) in [6, 6.07) is 4.97. The lowest BCUT2D eigenvalue weighted by atomic mass is 10.2. The second kappa shape index (κ2) is 5.99. The molecular formula is C13H14N2O4. The largest absolute Gasteiger partial charge is 0.497 e. The number of carbonyl (C=O) groups is 1. The number of aldehydes is 1. The number of benzene rings is 1. The third-order valence-corrected chi connectivity index (χ3v) is 2.52. The van der Waals surface area contributed by atoms with E-state index in [4.69, 9.17) is 14.0 Å². The Morgan fingerprint density at radius 3 is 2.89 bits per heavy atom. The van der Waals surface area contributed by atoms with Gasteiger partial charge in [-0.25, -0.2) is 0 Å². The van der Waals surface area contributed by atoms with Crippen LogP contribution in [0.2, 0.25) is 0 Å². The van der Waals surface area contributed by atoms with Gasteiger partial charge in [0, 0.05) is 12.5 Å². The number of ether oxygens (including phenoxy) is 2. The highest BCUT2D eigenvalue weighted by Crippen LogP contribution is 2.24. The van der Waals surface area contributed by atoms with Gasteiger partial charge in [-0.1, -0.05) is 12.1 Å². The maximum Gasteiger partial charge on any atom is 0.226 e. The summed E-state index contributed by atoms with van der Waals surface area (Å²) >= 11 is 0. The molecule has 1 aromatic carbocycles. The highest BCUT2D eigenvalue weighted by molar-refractivity contribution is 5.79. The van der Waals surface area contributed by atoms with E-state index in [1.165, 1.54) is 0 Å². The molecule has 0 bridgehead atoms. The zero-order valence-corrected chi connectivity index (χ0v) is 10.8. The minimum absolute atomic E-state index is 0.136. The number of hydrogen-bond acceptors (Lipinski definition) is 6. The minimum atomic E-state index is 0.136. The van der Waals surface area contributed by atoms with Gasteiger partial charge in [-0.05, 0) is 12.1 Å². The molecule has 0 radical (unpaired) electrons. The van der Waals surface area contributed by atoms with Gasteiger partial charge in [-0.3, -0.25) is 4.79 Å². The van der Waals surface area contributed by atoms with E-state index >= 15 is 0 Å². The normalized spacial score (nSPS) is 10.2. The number of aryl methyl sites for hydroxylation is 1. The summed E-state index contributed by atoms with van der Waals surface area (Å²) in [5, 5.41) is 3.77. The third-order valence-electron chi connectivity index (χ3n) is 2.52. The summed E-state index contributed by atoms with van der Waals surface area (Å²) in [6.45, 7) is 2.06. The molecule has 0 fully saturated rings. The van der Waals surface area contributed by atoms with Gasteiger partial charge in [0.05, 0.1) is 12.7 Å². The fourth-order valence-corrected chi connectivity index (χ4v) is 1.50. The van der Waals surface area contributed by atoms with Crippen LogP contribution in [0.4, 0.5) is 0 Å². The van der Waals surface area contributed by atoms with Gasteiger partial charge in [-0.15, -0.1) is 0 Å². The van der Waals surface area contributed by atoms with Crippen molar-refractivity contribution in [1.29, 1.82) is 0 Å². The molecule has 6 heteroatoms. The van der Waals surface area contributed by atoms with Crippen LogP contribution in [-0.2, 0) is 13.0 Å². The van der Waals surface area contributed by atoms with E-state index < -0.39 is 0 Å². The Labute approximate surface area is 110 Å². The van der Waals surface area contributed by atoms with Crippen LogP contribution in [0.25, 0.3) is 0 Å². The third kappa shape index (κ3) is 3.09. The molecule has 0 atom stereocenters. The topological polar surface area (TPSA) is 74.5 Å². The Kier molecular flexibility index (Phi) is 4.12. The lowest BCUT2D eigenvalue weighted by molar-refractivity contribution is 0.111. The second-order valence-electron chi connectivity index (χ2n) is 3.77. The Bertz CT molecular complexity index is 566. The molecule has 0 aliphatic carbocycles. The van der Waals surface area contributed by atoms with E-state index in [2.05, 4.69) is 10.1 Å². The van der Waals surface area contributed by atoms with Gasteiger partial charge in [0.15, 0.2) is 12.9 Å². The van der Waals surface area contributed by atoms with E-state index in [0.717, 1.165) is 6.29 Å². The fourth-order valence-electron chi connectivity index (χ4n) is 1.50. The molecule has 6 nitrogen and oxygen atoms in total. The Morgan fingerprint density at radius 2 is 2.26 bits per heavy atom. The summed E-state index contributed by atoms with van der Waals surface area (Å²) in [5.41, 5.74) is 0.444. The number of rotatable bonds is 6. The van der Waals surface area contributed by atoms with Crippen LogP contribution in [0.15, 0.2) is 22.7 Å². The SMILES string of the molecule is CCc1nc(COc2cc(OC)ccc2C=O)no1. The Morgan fingerprint density at radius 1 is 1.42 bits per heavy atom. The summed E-state index contributed by atoms with van der Waals surface area (Å²) in [7, 11) is 1.55. The molecule has 0 unspecified atom stereocenters. The zero-order chi connectivity index (χ0) is 13.7. The molecule has 1 heterocycles. The fraction of sp³-hybridized carbons (Fsp3) is 0.308. The molecule has 0 saturated carbocycles. The Hall–Kier alpha value is -2.37. The van der Waals surface area contributed by atoms with Crippen molar-refractivity contribution in [2.24, 2.45) is 0 Å². The van der Waals surface area contributed by atoms with Gasteiger partial charge in [0.2, 0.25) is 11.7 Å². The minimum Gasteiger partial charge on any atom is -0.497 e. The highest BCUT2D eigenvalue weighted by Gasteiger charge is 2.09. The average molecular weight is 262 g/mol. The molecule has 0 spiro atoms. The maximum atomic E-state index is 10.9. The van der Waals surface area contributed by atoms with Crippen LogP contribution < -0.4 is 9.47 Å². The summed E-state index contributed by atoms with van der Waals surface area (Å²) in [5.74, 6) is 2.04. The van der Waals surface area contributed by atoms with Crippen LogP contribution in [0.3, 0.4) is 0 Å². The number of methoxy groups -OCH3 is 1. The lowest BCUT2D eigenvalue weighted by Gasteiger charge is -2.08. The van der Waals surface area contributed by atoms with Crippen molar-refractivity contribution in [3.63, 3.8) is 0 Å². The first-order valence-corrected chi connectivity index (χ1v) is 5.84. The van der Waals surface area contributed by atoms with Crippen molar-refractivity contribution in [1.82, 2.24) is 10.1 Å². The van der Waals surface area contributed by atoms with Crippen LogP contribution in [0, 0.1) is 0 Å². The predicted molar refractivity (Wildman–Crippen MR) is 66.4 cm³/mol. The number of hydrogen-bond donors (Lipinski definition) is 0. The average Bonchev–Trinajstić information content (AvgIpc) is 2.92. The molecule has 0 aliphatic heterocycles. The number of nitrogens with zero attached hydrogens (tertiary/aromatic N) is 2. The molecule has 0 saturated heterocycles. The zero-order valence-electron chi connectivity index (χ0n) is 10.8. The van der Waals surface area contributed by atoms with Crippen LogP contribution >= 0.6 is 0 Å². The monoisotopic (exact) mass is 262 g/mol. The summed E-state index contributed by atoms with van der Waals surface area (Å²) < 4.78 is 15.6. The van der Waals surface area contributed by atoms with Crippen molar-refractivity contribution in [3.05, 3.63) is 35.5 Å². The van der Waals surface area contributed by atoms with Crippen molar-refractivity contribution < 1.29 is 18.8 Å². The van der Waals surface area contributed by atoms with Crippen molar-refractivity contribution in [2.75, 3.05) is 7.11 Å². The molecule has 2 aromatic rings. The lowest BCUT2D eigenvalue weighted by Crippen LogP contribution is -2.00. The summed E-state index contributed by atoms with van der Waals surface area (Å²) in [6.07, 6.45) is 1.40. The molecular weight excluding hydrogens is 248 g/mol. The molecule has 0 amide bonds. The standard InChI is InChI=1S/C13H14N2O4/c1-3-13-14-12(15-19-13)8-18-11-6-10(17-2)5-4-9(11)7-16/h4-7H,3,8H2,1-2H3. The van der Waals surface area contributed by atoms with E-state index in [-0.39, 0.29) is 6.61 Å². The first-order valence-electron chi connectivity index (χ1n) is 5.84. The van der Waals surface area contributed by atoms with Gasteiger partial charge < -0.3 is 14.0 Å². The maximum absolute atomic E-state index is 10.9. The van der Waals surface area contributed by atoms with E-state index in [9.17, 15) is 4.79 Å². The molecule has 100 valence electrons. The molecule has 0 aliphatic rings. The van der Waals surface area contributed by atoms with Gasteiger partial charge in [0.1, 0.15) is 11.5 Å². The van der Waals surface area contributed by atoms with Crippen molar-refractivity contribution in [2.45, 2.75) is 20.0 Å². The molecule has 1 aromatic heterocycles. The first-order chi connectivity index (χ1) is 9.26. The first kappa shape index (κ1) is 13.1.